The van der Waals surface area contributed by atoms with Gasteiger partial charge in [-0.1, -0.05) is 149 Å². The van der Waals surface area contributed by atoms with Crippen molar-refractivity contribution >= 4 is 92.0 Å². The molecular weight excluding hydrogens is 796 g/mol. The Hall–Kier alpha value is -2.39. The topological polar surface area (TPSA) is 58.9 Å². The summed E-state index contributed by atoms with van der Waals surface area (Å²) in [4.78, 5) is 38.9. The van der Waals surface area contributed by atoms with E-state index >= 15 is 0 Å². The molecule has 4 nitrogen and oxygen atoms in total. The number of fused-ring (bicyclic) bond motifs is 4. The number of ketones is 2. The number of rotatable bonds is 9. The molecule has 0 spiro atoms. The SMILES string of the molecule is CCCCC(=O)c1ccc2c(c1)N=C(C1CCCCC1)c1ccccc1S2.CCCCC(=O)c1ccc2c(c1)N=C(Cl)c1ccccc1S2.[CH-]1CCCCC1.[Cl-].[Mg+2]. The Morgan fingerprint density at radius 3 is 1.65 bits per heavy atom. The van der Waals surface area contributed by atoms with Gasteiger partial charge in [0.15, 0.2) is 11.6 Å². The number of unbranched alkanes of at least 4 members (excludes halogenated alkanes) is 2. The smallest absolute Gasteiger partial charge is 1.00 e. The van der Waals surface area contributed by atoms with Crippen molar-refractivity contribution in [3.8, 4) is 0 Å². The van der Waals surface area contributed by atoms with Crippen molar-refractivity contribution < 1.29 is 22.0 Å². The third kappa shape index (κ3) is 13.3. The van der Waals surface area contributed by atoms with E-state index in [1.807, 2.05) is 54.6 Å². The minimum atomic E-state index is 0. The van der Waals surface area contributed by atoms with Crippen LogP contribution in [0, 0.1) is 12.3 Å². The first-order chi connectivity index (χ1) is 26.9. The van der Waals surface area contributed by atoms with Crippen LogP contribution in [0.2, 0.25) is 0 Å². The zero-order valence-corrected chi connectivity index (χ0v) is 38.1. The first-order valence-electron chi connectivity index (χ1n) is 20.5. The number of carbonyl (C=O) groups is 2. The van der Waals surface area contributed by atoms with Crippen LogP contribution in [-0.4, -0.2) is 45.5 Å². The van der Waals surface area contributed by atoms with Crippen LogP contribution in [0.25, 0.3) is 0 Å². The van der Waals surface area contributed by atoms with Crippen LogP contribution < -0.4 is 12.4 Å². The average molecular weight is 850 g/mol. The molecule has 0 unspecified atom stereocenters. The molecule has 0 amide bonds. The van der Waals surface area contributed by atoms with E-state index in [2.05, 4.69) is 55.6 Å². The van der Waals surface area contributed by atoms with E-state index < -0.39 is 0 Å². The van der Waals surface area contributed by atoms with Gasteiger partial charge < -0.3 is 18.8 Å². The number of nitrogens with zero attached hydrogens (tertiary/aromatic N) is 2. The van der Waals surface area contributed by atoms with Gasteiger partial charge in [0.1, 0.15) is 5.17 Å². The fourth-order valence-electron chi connectivity index (χ4n) is 7.36. The maximum absolute atomic E-state index is 12.5. The maximum atomic E-state index is 12.5. The number of Topliss-reactive ketones (excluding diaryl/α,β-unsaturated/α-hetero) is 2. The standard InChI is InChI=1S/C24H27NOS.C18H16ClNOS.C6H11.ClH.Mg/c1-2-3-12-21(26)18-14-15-23-20(16-18)25-24(17-9-5-4-6-10-17)19-11-7-8-13-22(19)27-23;1-2-3-7-15(21)12-9-10-17-14(11-12)20-18(19)13-6-4-5-8-16(13)22-17;1-2-4-6-5-3-1;;/h7-8,11,13-17H,2-6,9-10,12H2,1H3;4-6,8-11H,2-3,7H2,1H3;1H,2-6H2;1H;/q;;-1;;+2/p-1. The van der Waals surface area contributed by atoms with Gasteiger partial charge in [0.05, 0.1) is 17.1 Å². The van der Waals surface area contributed by atoms with Crippen LogP contribution in [0.5, 0.6) is 0 Å². The second-order valence-electron chi connectivity index (χ2n) is 14.8. The maximum Gasteiger partial charge on any atom is 2.00 e. The van der Waals surface area contributed by atoms with Crippen molar-refractivity contribution in [3.63, 3.8) is 0 Å². The Bertz CT molecular complexity index is 1990. The molecule has 2 heterocycles. The van der Waals surface area contributed by atoms with Crippen molar-refractivity contribution in [2.75, 3.05) is 0 Å². The fourth-order valence-corrected chi connectivity index (χ4v) is 9.69. The Labute approximate surface area is 376 Å². The van der Waals surface area contributed by atoms with Gasteiger partial charge in [-0.15, -0.1) is 0 Å². The van der Waals surface area contributed by atoms with Crippen molar-refractivity contribution in [2.45, 2.75) is 136 Å². The van der Waals surface area contributed by atoms with Crippen molar-refractivity contribution in [1.29, 1.82) is 0 Å². The van der Waals surface area contributed by atoms with Crippen LogP contribution in [0.3, 0.4) is 0 Å². The minimum Gasteiger partial charge on any atom is -1.00 e. The first kappa shape index (κ1) is 47.3. The van der Waals surface area contributed by atoms with Gasteiger partial charge in [0.2, 0.25) is 0 Å². The third-order valence-electron chi connectivity index (χ3n) is 10.6. The van der Waals surface area contributed by atoms with E-state index in [0.29, 0.717) is 29.5 Å². The summed E-state index contributed by atoms with van der Waals surface area (Å²) in [5.41, 5.74) is 6.71. The molecule has 4 aliphatic rings. The number of aliphatic imine (C=N–C) groups is 2. The molecule has 2 fully saturated rings. The summed E-state index contributed by atoms with van der Waals surface area (Å²) < 4.78 is 0. The first-order valence-corrected chi connectivity index (χ1v) is 22.5. The molecule has 0 N–H and O–H groups in total. The Morgan fingerprint density at radius 2 is 1.14 bits per heavy atom. The quantitative estimate of drug-likeness (QED) is 0.0956. The van der Waals surface area contributed by atoms with E-state index in [1.165, 1.54) is 80.4 Å². The molecule has 0 saturated heterocycles. The van der Waals surface area contributed by atoms with E-state index in [4.69, 9.17) is 16.6 Å². The van der Waals surface area contributed by atoms with Crippen LogP contribution in [0.15, 0.2) is 114 Å². The molecule has 4 aromatic carbocycles. The van der Waals surface area contributed by atoms with Gasteiger partial charge in [-0.05, 0) is 62.1 Å². The van der Waals surface area contributed by atoms with E-state index in [9.17, 15) is 9.59 Å². The Morgan fingerprint density at radius 1 is 0.649 bits per heavy atom. The number of benzene rings is 4. The molecule has 2 saturated carbocycles. The van der Waals surface area contributed by atoms with Gasteiger partial charge in [-0.2, -0.15) is 12.8 Å². The van der Waals surface area contributed by atoms with Gasteiger partial charge in [-0.25, -0.2) is 4.99 Å². The van der Waals surface area contributed by atoms with Gasteiger partial charge in [0.25, 0.3) is 0 Å². The molecule has 0 atom stereocenters. The van der Waals surface area contributed by atoms with Gasteiger partial charge in [-0.3, -0.25) is 14.6 Å². The zero-order chi connectivity index (χ0) is 38.4. The number of carbonyl (C=O) groups excluding carboxylic acids is 2. The Balaban J connectivity index is 0.000000216. The van der Waals surface area contributed by atoms with Crippen molar-refractivity contribution in [2.24, 2.45) is 15.9 Å². The molecule has 9 heteroatoms. The summed E-state index contributed by atoms with van der Waals surface area (Å²) in [7, 11) is 0. The van der Waals surface area contributed by atoms with E-state index in [1.54, 1.807) is 23.5 Å². The van der Waals surface area contributed by atoms with Gasteiger partial charge in [0, 0.05) is 60.6 Å². The van der Waals surface area contributed by atoms with Crippen LogP contribution in [0.1, 0.15) is 148 Å². The summed E-state index contributed by atoms with van der Waals surface area (Å²) >= 11 is 9.77. The minimum absolute atomic E-state index is 0. The Kier molecular flexibility index (Phi) is 20.4. The molecular formula is C48H54Cl2MgN2O2S2. The molecule has 0 aromatic heterocycles. The number of hydrogen-bond donors (Lipinski definition) is 0. The normalized spacial score (nSPS) is 15.5. The molecule has 2 aliphatic heterocycles. The molecule has 0 radical (unpaired) electrons. The summed E-state index contributed by atoms with van der Waals surface area (Å²) in [6, 6.07) is 28.4. The predicted octanol–water partition coefficient (Wildman–Crippen LogP) is 11.8. The predicted molar refractivity (Wildman–Crippen MR) is 240 cm³/mol. The van der Waals surface area contributed by atoms with E-state index in [0.717, 1.165) is 62.9 Å². The summed E-state index contributed by atoms with van der Waals surface area (Å²) in [5, 5.41) is 0.472. The van der Waals surface area contributed by atoms with E-state index in [-0.39, 0.29) is 47.0 Å². The monoisotopic (exact) mass is 848 g/mol. The molecule has 296 valence electrons. The van der Waals surface area contributed by atoms with Crippen LogP contribution in [-0.2, 0) is 0 Å². The zero-order valence-electron chi connectivity index (χ0n) is 33.5. The molecule has 0 bridgehead atoms. The fraction of sp³-hybridized carbons (Fsp3) is 0.396. The largest absolute Gasteiger partial charge is 2.00 e. The average Bonchev–Trinajstić information content (AvgIpc) is 3.49. The van der Waals surface area contributed by atoms with Gasteiger partial charge >= 0.3 is 23.1 Å². The van der Waals surface area contributed by atoms with Crippen molar-refractivity contribution in [3.05, 3.63) is 114 Å². The van der Waals surface area contributed by atoms with Crippen LogP contribution >= 0.6 is 35.1 Å². The molecule has 8 rings (SSSR count). The summed E-state index contributed by atoms with van der Waals surface area (Å²) in [6.07, 6.45) is 21.0. The number of hydrogen-bond acceptors (Lipinski definition) is 6. The summed E-state index contributed by atoms with van der Waals surface area (Å²) in [5.74, 6) is 0.939. The summed E-state index contributed by atoms with van der Waals surface area (Å²) in [6.45, 7) is 4.21. The second kappa shape index (κ2) is 24.6. The number of halogens is 2. The second-order valence-corrected chi connectivity index (χ2v) is 17.3. The third-order valence-corrected chi connectivity index (χ3v) is 13.1. The molecule has 4 aromatic rings. The van der Waals surface area contributed by atoms with Crippen molar-refractivity contribution in [1.82, 2.24) is 0 Å². The molecule has 2 aliphatic carbocycles. The van der Waals surface area contributed by atoms with Crippen LogP contribution in [0.4, 0.5) is 11.4 Å². The molecule has 57 heavy (non-hydrogen) atoms.